The molecule has 0 bridgehead atoms. The summed E-state index contributed by atoms with van der Waals surface area (Å²) in [5.74, 6) is -0.779. The van der Waals surface area contributed by atoms with Crippen molar-refractivity contribution >= 4 is 34.5 Å². The zero-order chi connectivity index (χ0) is 13.3. The van der Waals surface area contributed by atoms with Gasteiger partial charge in [0, 0.05) is 19.6 Å². The van der Waals surface area contributed by atoms with E-state index in [9.17, 15) is 14.7 Å². The Balaban J connectivity index is 2.05. The Hall–Kier alpha value is -0.370. The maximum atomic E-state index is 12.1. The molecule has 0 aliphatic carbocycles. The lowest BCUT2D eigenvalue weighted by atomic mass is 9.88. The Kier molecular flexibility index (Phi) is 4.47. The molecule has 0 aromatic heterocycles. The predicted octanol–water partition coefficient (Wildman–Crippen LogP) is 1.37. The summed E-state index contributed by atoms with van der Waals surface area (Å²) < 4.78 is 0.0407. The molecule has 2 fully saturated rings. The molecule has 3 unspecified atom stereocenters. The smallest absolute Gasteiger partial charge is 0.308 e. The molecule has 0 saturated carbocycles. The fraction of sp³-hybridized carbons (Fsp3) is 0.833. The van der Waals surface area contributed by atoms with E-state index in [-0.39, 0.29) is 21.7 Å². The van der Waals surface area contributed by atoms with E-state index >= 15 is 0 Å². The van der Waals surface area contributed by atoms with Crippen LogP contribution >= 0.6 is 22.6 Å². The summed E-state index contributed by atoms with van der Waals surface area (Å²) in [5.41, 5.74) is 0. The first-order valence-electron chi connectivity index (χ1n) is 6.44. The van der Waals surface area contributed by atoms with Gasteiger partial charge in [0.2, 0.25) is 5.91 Å². The minimum absolute atomic E-state index is 0.0407. The van der Waals surface area contributed by atoms with Gasteiger partial charge in [-0.2, -0.15) is 0 Å². The van der Waals surface area contributed by atoms with Crippen molar-refractivity contribution in [3.05, 3.63) is 0 Å². The molecule has 5 nitrogen and oxygen atoms in total. The topological polar surface area (TPSA) is 60.9 Å². The number of carbonyl (C=O) groups excluding carboxylic acids is 1. The van der Waals surface area contributed by atoms with E-state index < -0.39 is 5.97 Å². The first-order chi connectivity index (χ1) is 8.50. The van der Waals surface area contributed by atoms with E-state index in [4.69, 9.17) is 0 Å². The van der Waals surface area contributed by atoms with Crippen molar-refractivity contribution in [3.63, 3.8) is 0 Å². The van der Waals surface area contributed by atoms with E-state index in [1.165, 1.54) is 0 Å². The molecule has 0 aromatic carbocycles. The number of carboxylic acids is 1. The molecule has 18 heavy (non-hydrogen) atoms. The fourth-order valence-corrected chi connectivity index (χ4v) is 3.45. The molecule has 2 saturated heterocycles. The Morgan fingerprint density at radius 3 is 2.78 bits per heavy atom. The number of piperidine rings is 2. The van der Waals surface area contributed by atoms with Crippen molar-refractivity contribution in [2.24, 2.45) is 11.8 Å². The number of amides is 1. The van der Waals surface area contributed by atoms with Crippen LogP contribution in [0.2, 0.25) is 0 Å². The second-order valence-corrected chi connectivity index (χ2v) is 6.70. The van der Waals surface area contributed by atoms with Gasteiger partial charge in [-0.3, -0.25) is 14.6 Å². The largest absolute Gasteiger partial charge is 0.481 e. The van der Waals surface area contributed by atoms with Crippen LogP contribution in [0.4, 0.5) is 0 Å². The molecule has 1 amide bonds. The van der Waals surface area contributed by atoms with Crippen LogP contribution in [0.1, 0.15) is 26.2 Å². The van der Waals surface area contributed by atoms with Gasteiger partial charge in [-0.25, -0.2) is 5.01 Å². The summed E-state index contributed by atoms with van der Waals surface area (Å²) in [4.78, 5) is 23.3. The number of hydrogen-bond acceptors (Lipinski definition) is 3. The van der Waals surface area contributed by atoms with Crippen molar-refractivity contribution < 1.29 is 14.7 Å². The molecule has 2 rings (SSSR count). The lowest BCUT2D eigenvalue weighted by Gasteiger charge is -2.43. The van der Waals surface area contributed by atoms with E-state index in [2.05, 4.69) is 22.6 Å². The quantitative estimate of drug-likeness (QED) is 0.593. The summed E-state index contributed by atoms with van der Waals surface area (Å²) in [5, 5.41) is 12.9. The number of aliphatic carboxylic acids is 1. The number of hydrogen-bond donors (Lipinski definition) is 1. The minimum Gasteiger partial charge on any atom is -0.481 e. The second kappa shape index (κ2) is 5.73. The Morgan fingerprint density at radius 1 is 1.39 bits per heavy atom. The number of rotatable bonds is 2. The van der Waals surface area contributed by atoms with Gasteiger partial charge in [-0.15, -0.1) is 0 Å². The van der Waals surface area contributed by atoms with Gasteiger partial charge in [-0.05, 0) is 25.2 Å². The van der Waals surface area contributed by atoms with E-state index in [0.717, 1.165) is 32.4 Å². The SMILES string of the molecule is CC1CCN(N2CCCC(I)C2=O)CC1C(=O)O. The average molecular weight is 366 g/mol. The highest BCUT2D eigenvalue weighted by Gasteiger charge is 2.37. The molecule has 0 aromatic rings. The molecule has 2 aliphatic heterocycles. The normalized spacial score (nSPS) is 34.7. The van der Waals surface area contributed by atoms with Gasteiger partial charge in [0.05, 0.1) is 9.84 Å². The fourth-order valence-electron chi connectivity index (χ4n) is 2.69. The molecule has 2 heterocycles. The maximum absolute atomic E-state index is 12.1. The highest BCUT2D eigenvalue weighted by atomic mass is 127. The van der Waals surface area contributed by atoms with Crippen LogP contribution in [0, 0.1) is 11.8 Å². The van der Waals surface area contributed by atoms with Gasteiger partial charge in [0.15, 0.2) is 0 Å². The summed E-state index contributed by atoms with van der Waals surface area (Å²) in [6.45, 7) is 3.97. The lowest BCUT2D eigenvalue weighted by Crippen LogP contribution is -2.57. The van der Waals surface area contributed by atoms with Gasteiger partial charge in [0.1, 0.15) is 0 Å². The predicted molar refractivity (Wildman–Crippen MR) is 75.2 cm³/mol. The number of alkyl halides is 1. The van der Waals surface area contributed by atoms with Crippen molar-refractivity contribution in [3.8, 4) is 0 Å². The Labute approximate surface area is 121 Å². The van der Waals surface area contributed by atoms with E-state index in [1.807, 2.05) is 11.9 Å². The molecule has 2 aliphatic rings. The zero-order valence-corrected chi connectivity index (χ0v) is 12.7. The third-order valence-electron chi connectivity index (χ3n) is 3.95. The average Bonchev–Trinajstić information content (AvgIpc) is 2.33. The number of hydrazine groups is 1. The summed E-state index contributed by atoms with van der Waals surface area (Å²) in [6, 6.07) is 0. The zero-order valence-electron chi connectivity index (χ0n) is 10.5. The van der Waals surface area contributed by atoms with Crippen LogP contribution in [-0.4, -0.2) is 50.6 Å². The van der Waals surface area contributed by atoms with Crippen molar-refractivity contribution in [2.45, 2.75) is 30.1 Å². The van der Waals surface area contributed by atoms with Crippen LogP contribution in [0.3, 0.4) is 0 Å². The van der Waals surface area contributed by atoms with Gasteiger partial charge in [0.25, 0.3) is 0 Å². The molecular formula is C12H19IN2O3. The molecule has 3 atom stereocenters. The first-order valence-corrected chi connectivity index (χ1v) is 7.68. The van der Waals surface area contributed by atoms with Crippen LogP contribution in [0.15, 0.2) is 0 Å². The number of carbonyl (C=O) groups is 2. The summed E-state index contributed by atoms with van der Waals surface area (Å²) in [7, 11) is 0. The van der Waals surface area contributed by atoms with Crippen LogP contribution in [0.25, 0.3) is 0 Å². The molecule has 0 spiro atoms. The Morgan fingerprint density at radius 2 is 2.11 bits per heavy atom. The lowest BCUT2D eigenvalue weighted by molar-refractivity contribution is -0.164. The van der Waals surface area contributed by atoms with Crippen molar-refractivity contribution in [2.75, 3.05) is 19.6 Å². The molecule has 1 N–H and O–H groups in total. The Bertz CT molecular complexity index is 350. The second-order valence-electron chi connectivity index (χ2n) is 5.19. The molecule has 102 valence electrons. The van der Waals surface area contributed by atoms with Crippen molar-refractivity contribution in [1.29, 1.82) is 0 Å². The molecule has 6 heteroatoms. The van der Waals surface area contributed by atoms with Crippen LogP contribution in [0.5, 0.6) is 0 Å². The van der Waals surface area contributed by atoms with Crippen molar-refractivity contribution in [1.82, 2.24) is 10.0 Å². The molecular weight excluding hydrogens is 347 g/mol. The van der Waals surface area contributed by atoms with Gasteiger partial charge in [-0.1, -0.05) is 29.5 Å². The van der Waals surface area contributed by atoms with Gasteiger partial charge >= 0.3 is 5.97 Å². The van der Waals surface area contributed by atoms with E-state index in [1.54, 1.807) is 5.01 Å². The highest BCUT2D eigenvalue weighted by molar-refractivity contribution is 14.1. The summed E-state index contributed by atoms with van der Waals surface area (Å²) in [6.07, 6.45) is 2.78. The number of nitrogens with zero attached hydrogens (tertiary/aromatic N) is 2. The third kappa shape index (κ3) is 2.79. The summed E-state index contributed by atoms with van der Waals surface area (Å²) >= 11 is 2.18. The first kappa shape index (κ1) is 14.0. The highest BCUT2D eigenvalue weighted by Crippen LogP contribution is 2.27. The monoisotopic (exact) mass is 366 g/mol. The van der Waals surface area contributed by atoms with Crippen LogP contribution < -0.4 is 0 Å². The van der Waals surface area contributed by atoms with Gasteiger partial charge < -0.3 is 5.11 Å². The van der Waals surface area contributed by atoms with E-state index in [0.29, 0.717) is 6.54 Å². The molecule has 0 radical (unpaired) electrons. The number of carboxylic acid groups (broad SMARTS) is 1. The third-order valence-corrected chi connectivity index (χ3v) is 5.10. The minimum atomic E-state index is -0.748. The number of halogens is 1. The maximum Gasteiger partial charge on any atom is 0.308 e. The standard InChI is InChI=1S/C12H19IN2O3/c1-8-4-6-14(7-9(8)12(17)18)15-5-2-3-10(13)11(15)16/h8-10H,2-7H2,1H3,(H,17,18). The van der Waals surface area contributed by atoms with Crippen LogP contribution in [-0.2, 0) is 9.59 Å².